The molecule has 0 atom stereocenters. The second kappa shape index (κ2) is 20.1. The third kappa shape index (κ3) is 23.8. The van der Waals surface area contributed by atoms with E-state index in [-0.39, 0.29) is 13.2 Å². The normalized spacial score (nSPS) is 14.2. The van der Waals surface area contributed by atoms with Crippen molar-refractivity contribution in [2.75, 3.05) is 25.5 Å². The maximum Gasteiger partial charge on any atom is 0.472 e. The quantitative estimate of drug-likeness (QED) is 0.158. The molecule has 0 aliphatic heterocycles. The average Bonchev–Trinajstić information content (AvgIpc) is 2.63. The molecule has 0 saturated heterocycles. The molecule has 28 heavy (non-hydrogen) atoms. The molecule has 0 heterocycles. The van der Waals surface area contributed by atoms with E-state index in [1.807, 2.05) is 0 Å². The van der Waals surface area contributed by atoms with Gasteiger partial charge in [-0.25, -0.2) is 4.57 Å². The Bertz CT molecular complexity index is 455. The lowest BCUT2D eigenvalue weighted by Crippen LogP contribution is -1.95. The summed E-state index contributed by atoms with van der Waals surface area (Å²) in [4.78, 5) is 18.7. The molecule has 0 bridgehead atoms. The summed E-state index contributed by atoms with van der Waals surface area (Å²) in [6, 6.07) is 0. The van der Waals surface area contributed by atoms with Gasteiger partial charge in [0, 0.05) is 12.3 Å². The van der Waals surface area contributed by atoms with E-state index in [1.54, 1.807) is 38.2 Å². The molecular weight excluding hydrogens is 398 g/mol. The molecule has 0 aromatic rings. The van der Waals surface area contributed by atoms with Crippen LogP contribution in [0.4, 0.5) is 0 Å². The molecule has 0 aliphatic carbocycles. The van der Waals surface area contributed by atoms with Gasteiger partial charge < -0.3 is 9.79 Å². The van der Waals surface area contributed by atoms with Gasteiger partial charge in [0.05, 0.1) is 13.2 Å². The van der Waals surface area contributed by atoms with E-state index >= 15 is 0 Å². The summed E-state index contributed by atoms with van der Waals surface area (Å²) in [7, 11) is -6.63. The zero-order valence-electron chi connectivity index (χ0n) is 18.2. The first-order valence-electron chi connectivity index (χ1n) is 10.4. The molecule has 0 unspecified atom stereocenters. The number of phosphoric ester groups is 1. The molecule has 6 nitrogen and oxygen atoms in total. The highest BCUT2D eigenvalue weighted by Crippen LogP contribution is 2.43. The molecule has 0 aromatic carbocycles. The minimum absolute atomic E-state index is 0.0834. The van der Waals surface area contributed by atoms with Crippen LogP contribution in [0.3, 0.4) is 0 Å². The van der Waals surface area contributed by atoms with Crippen LogP contribution in [-0.2, 0) is 18.2 Å². The highest BCUT2D eigenvalue weighted by atomic mass is 31.2. The third-order valence-corrected chi connectivity index (χ3v) is 6.84. The Morgan fingerprint density at radius 3 is 1.43 bits per heavy atom. The lowest BCUT2D eigenvalue weighted by molar-refractivity contribution is 0.174. The first-order chi connectivity index (χ1) is 13.2. The monoisotopic (exact) mass is 440 g/mol. The summed E-state index contributed by atoms with van der Waals surface area (Å²) in [5.41, 5.74) is 0. The van der Waals surface area contributed by atoms with Crippen LogP contribution in [0, 0.1) is 0 Å². The van der Waals surface area contributed by atoms with E-state index in [2.05, 4.69) is 22.9 Å². The molecule has 0 radical (unpaired) electrons. The van der Waals surface area contributed by atoms with Gasteiger partial charge >= 0.3 is 7.82 Å². The molecule has 0 amide bonds. The summed E-state index contributed by atoms with van der Waals surface area (Å²) < 4.78 is 31.9. The summed E-state index contributed by atoms with van der Waals surface area (Å²) in [6.45, 7) is 8.07. The van der Waals surface area contributed by atoms with Crippen LogP contribution < -0.4 is 0 Å². The standard InChI is InChI=1S/C12H27O2P.C8H15O4P/c1-3-5-7-9-11-15(13,14)12-10-8-6-4-2;1-3-5-7-11-13(9,10)12-8-6-4-2/h3-12H2,1-2H3,(H,13,14);3-6H,7-8H2,1-2H3,(H,9,10). The predicted molar refractivity (Wildman–Crippen MR) is 119 cm³/mol. The Morgan fingerprint density at radius 1 is 0.714 bits per heavy atom. The van der Waals surface area contributed by atoms with Crippen molar-refractivity contribution in [1.82, 2.24) is 0 Å². The van der Waals surface area contributed by atoms with Gasteiger partial charge in [-0.1, -0.05) is 76.7 Å². The SMILES string of the molecule is CC=CCOP(=O)(O)OCC=CC.CCCCCCP(=O)(O)CCCCCC. The maximum absolute atomic E-state index is 11.7. The van der Waals surface area contributed by atoms with Crippen LogP contribution in [0.1, 0.15) is 79.1 Å². The molecule has 8 heteroatoms. The van der Waals surface area contributed by atoms with Crippen molar-refractivity contribution in [3.8, 4) is 0 Å². The van der Waals surface area contributed by atoms with E-state index in [9.17, 15) is 14.0 Å². The minimum atomic E-state index is -3.85. The molecule has 0 aromatic heterocycles. The van der Waals surface area contributed by atoms with Gasteiger partial charge in [0.1, 0.15) is 0 Å². The van der Waals surface area contributed by atoms with Gasteiger partial charge in [-0.2, -0.15) is 0 Å². The van der Waals surface area contributed by atoms with Gasteiger partial charge in [-0.3, -0.25) is 13.6 Å². The summed E-state index contributed by atoms with van der Waals surface area (Å²) in [5.74, 6) is 0. The van der Waals surface area contributed by atoms with Crippen molar-refractivity contribution < 1.29 is 28.0 Å². The van der Waals surface area contributed by atoms with Crippen molar-refractivity contribution in [3.63, 3.8) is 0 Å². The van der Waals surface area contributed by atoms with Crippen LogP contribution >= 0.6 is 15.2 Å². The van der Waals surface area contributed by atoms with E-state index < -0.39 is 15.2 Å². The summed E-state index contributed by atoms with van der Waals surface area (Å²) in [5, 5.41) is 0. The van der Waals surface area contributed by atoms with Crippen LogP contribution in [0.25, 0.3) is 0 Å². The van der Waals surface area contributed by atoms with E-state index in [0.29, 0.717) is 12.3 Å². The fourth-order valence-corrected chi connectivity index (χ4v) is 4.47. The smallest absolute Gasteiger partial charge is 0.344 e. The largest absolute Gasteiger partial charge is 0.472 e. The molecule has 0 aliphatic rings. The van der Waals surface area contributed by atoms with Crippen LogP contribution in [0.2, 0.25) is 0 Å². The third-order valence-electron chi connectivity index (χ3n) is 3.86. The van der Waals surface area contributed by atoms with Crippen molar-refractivity contribution in [2.24, 2.45) is 0 Å². The summed E-state index contributed by atoms with van der Waals surface area (Å²) >= 11 is 0. The Balaban J connectivity index is 0. The first kappa shape index (κ1) is 30.0. The predicted octanol–water partition coefficient (Wildman–Crippen LogP) is 6.69. The number of hydrogen-bond acceptors (Lipinski definition) is 4. The van der Waals surface area contributed by atoms with Gasteiger partial charge in [0.2, 0.25) is 7.37 Å². The molecule has 168 valence electrons. The molecule has 0 saturated carbocycles. The van der Waals surface area contributed by atoms with Crippen LogP contribution in [0.15, 0.2) is 24.3 Å². The Labute approximate surface area is 172 Å². The fourth-order valence-electron chi connectivity index (χ4n) is 2.19. The van der Waals surface area contributed by atoms with Gasteiger partial charge in [-0.05, 0) is 26.7 Å². The lowest BCUT2D eigenvalue weighted by atomic mass is 10.2. The lowest BCUT2D eigenvalue weighted by Gasteiger charge is -2.10. The van der Waals surface area contributed by atoms with Crippen molar-refractivity contribution in [2.45, 2.75) is 79.1 Å². The van der Waals surface area contributed by atoms with Crippen LogP contribution in [0.5, 0.6) is 0 Å². The van der Waals surface area contributed by atoms with E-state index in [1.165, 1.54) is 25.7 Å². The highest BCUT2D eigenvalue weighted by molar-refractivity contribution is 7.57. The van der Waals surface area contributed by atoms with E-state index in [4.69, 9.17) is 4.89 Å². The van der Waals surface area contributed by atoms with Gasteiger partial charge in [0.15, 0.2) is 0 Å². The number of allylic oxidation sites excluding steroid dienone is 2. The zero-order valence-corrected chi connectivity index (χ0v) is 20.0. The number of unbranched alkanes of at least 4 members (excludes halogenated alkanes) is 6. The second-order valence-corrected chi connectivity index (χ2v) is 10.7. The molecular formula is C20H42O6P2. The number of hydrogen-bond donors (Lipinski definition) is 2. The topological polar surface area (TPSA) is 93.1 Å². The fraction of sp³-hybridized carbons (Fsp3) is 0.800. The number of rotatable bonds is 16. The molecule has 2 N–H and O–H groups in total. The van der Waals surface area contributed by atoms with Gasteiger partial charge in [-0.15, -0.1) is 0 Å². The zero-order chi connectivity index (χ0) is 21.7. The molecule has 0 rings (SSSR count). The Hall–Kier alpha value is -0.220. The van der Waals surface area contributed by atoms with E-state index in [0.717, 1.165) is 25.7 Å². The number of phosphoric acid groups is 1. The minimum Gasteiger partial charge on any atom is -0.344 e. The van der Waals surface area contributed by atoms with Crippen molar-refractivity contribution >= 4 is 15.2 Å². The van der Waals surface area contributed by atoms with Gasteiger partial charge in [0.25, 0.3) is 0 Å². The van der Waals surface area contributed by atoms with Crippen molar-refractivity contribution in [1.29, 1.82) is 0 Å². The second-order valence-electron chi connectivity index (χ2n) is 6.61. The Kier molecular flexibility index (Phi) is 21.5. The highest BCUT2D eigenvalue weighted by Gasteiger charge is 2.18. The first-order valence-corrected chi connectivity index (χ1v) is 13.9. The average molecular weight is 440 g/mol. The maximum atomic E-state index is 11.7. The molecule has 0 spiro atoms. The molecule has 0 fully saturated rings. The van der Waals surface area contributed by atoms with Crippen molar-refractivity contribution in [3.05, 3.63) is 24.3 Å². The van der Waals surface area contributed by atoms with Crippen LogP contribution in [-0.4, -0.2) is 35.3 Å². The Morgan fingerprint density at radius 2 is 1.11 bits per heavy atom. The summed E-state index contributed by atoms with van der Waals surface area (Å²) in [6.07, 6.45) is 16.6.